The van der Waals surface area contributed by atoms with Crippen LogP contribution in [-0.2, 0) is 23.0 Å². The Morgan fingerprint density at radius 2 is 2.05 bits per heavy atom. The van der Waals surface area contributed by atoms with Crippen LogP contribution in [0, 0.1) is 11.1 Å². The molecule has 15 heteroatoms. The van der Waals surface area contributed by atoms with E-state index in [9.17, 15) is 28.8 Å². The first-order valence-corrected chi connectivity index (χ1v) is 9.64. The average molecular weight is 385 g/mol. The van der Waals surface area contributed by atoms with Gasteiger partial charge in [-0.1, -0.05) is 0 Å². The van der Waals surface area contributed by atoms with Gasteiger partial charge in [-0.2, -0.15) is 17.1 Å². The number of carbonyl (C=O) groups is 2. The molecule has 0 heterocycles. The minimum absolute atomic E-state index is 0.129. The Hall–Kier alpha value is -0.170. The van der Waals surface area contributed by atoms with Crippen molar-refractivity contribution >= 4 is 39.8 Å². The van der Waals surface area contributed by atoms with Gasteiger partial charge < -0.3 is 5.21 Å². The lowest BCUT2D eigenvalue weighted by Gasteiger charge is -2.23. The number of nitrogens with two attached hydrogens (primary N) is 1. The third kappa shape index (κ3) is 7.40. The summed E-state index contributed by atoms with van der Waals surface area (Å²) in [6, 6.07) is 0. The van der Waals surface area contributed by atoms with Crippen LogP contribution >= 0.6 is 28.0 Å². The van der Waals surface area contributed by atoms with Crippen molar-refractivity contribution < 1.29 is 53.8 Å². The largest absolute Gasteiger partial charge is 0.620 e. The molecular weight excluding hydrogens is 364 g/mol. The summed E-state index contributed by atoms with van der Waals surface area (Å²) >= 11 is 0.729. The molecule has 4 atom stereocenters. The van der Waals surface area contributed by atoms with Crippen molar-refractivity contribution in [1.29, 1.82) is 1.12 Å². The van der Waals surface area contributed by atoms with E-state index in [4.69, 9.17) is 11.2 Å². The van der Waals surface area contributed by atoms with E-state index in [0.29, 0.717) is 5.75 Å². The van der Waals surface area contributed by atoms with E-state index < -0.39 is 49.7 Å². The number of hydrogen-bond acceptors (Lipinski definition) is 8. The van der Waals surface area contributed by atoms with Gasteiger partial charge in [-0.15, -0.1) is 9.56 Å². The number of nitrogens with one attached hydrogen (secondary N) is 1. The number of carbonyl (C=O) groups excluding carboxylic acids is 2. The molecule has 0 aromatic heterocycles. The Balaban J connectivity index is 4.73. The second-order valence-corrected chi connectivity index (χ2v) is 8.07. The van der Waals surface area contributed by atoms with Crippen molar-refractivity contribution in [3.05, 3.63) is 5.21 Å². The van der Waals surface area contributed by atoms with Crippen molar-refractivity contribution in [2.24, 2.45) is 5.92 Å². The zero-order valence-electron chi connectivity index (χ0n) is 12.3. The molecule has 0 aliphatic rings. The number of amides is 2. The van der Waals surface area contributed by atoms with Crippen molar-refractivity contribution in [1.82, 2.24) is 0 Å². The van der Waals surface area contributed by atoms with E-state index in [1.807, 2.05) is 0 Å². The quantitative estimate of drug-likeness (QED) is 0.107. The van der Waals surface area contributed by atoms with E-state index >= 15 is 0 Å². The lowest BCUT2D eigenvalue weighted by molar-refractivity contribution is -0.785. The van der Waals surface area contributed by atoms with Crippen LogP contribution in [-0.4, -0.2) is 33.7 Å². The Labute approximate surface area is 131 Å². The summed E-state index contributed by atoms with van der Waals surface area (Å²) in [5, 5.41) is 19.4. The molecule has 22 heavy (non-hydrogen) atoms. The first kappa shape index (κ1) is 19.9. The molecule has 2 amide bonds. The standard InChI is InChI=1S/C7H17N3O9P2S/c8-7(12)5(3-4-22)1-2-6(11)10(14)21(17,18)19-20(15,16)9-13/h5,10,13,22H,1-4H2,(H2,8,12)(H,17,18)(H2,9,15,16)/p+2/i/hT. The van der Waals surface area contributed by atoms with Gasteiger partial charge in [0.2, 0.25) is 0 Å². The van der Waals surface area contributed by atoms with Gasteiger partial charge in [-0.3, -0.25) is 15.5 Å². The van der Waals surface area contributed by atoms with Crippen LogP contribution in [0.2, 0.25) is 0 Å². The topological polar surface area (TPSA) is 210 Å². The summed E-state index contributed by atoms with van der Waals surface area (Å²) in [5.74, 6) is -2.26. The van der Waals surface area contributed by atoms with Crippen molar-refractivity contribution in [2.75, 3.05) is 5.75 Å². The molecule has 4 unspecified atom stereocenters. The molecule has 0 spiro atoms. The van der Waals surface area contributed by atoms with Gasteiger partial charge in [0.1, 0.15) is 1.12 Å². The van der Waals surface area contributed by atoms with Gasteiger partial charge in [0.25, 0.3) is 0 Å². The maximum absolute atomic E-state index is 11.6. The number of thiol groups is 1. The van der Waals surface area contributed by atoms with E-state index in [-0.39, 0.29) is 12.8 Å². The highest BCUT2D eigenvalue weighted by molar-refractivity contribution is 7.80. The third-order valence-corrected chi connectivity index (χ3v) is 5.62. The summed E-state index contributed by atoms with van der Waals surface area (Å²) in [4.78, 5) is 39.0. The van der Waals surface area contributed by atoms with E-state index in [1.165, 1.54) is 0 Å². The molecule has 0 saturated heterocycles. The monoisotopic (exact) mass is 385 g/mol. The third-order valence-electron chi connectivity index (χ3n) is 2.51. The van der Waals surface area contributed by atoms with Crippen molar-refractivity contribution in [2.45, 2.75) is 19.3 Å². The molecule has 130 valence electrons. The molecule has 0 fully saturated rings. The Morgan fingerprint density at radius 3 is 2.50 bits per heavy atom. The second kappa shape index (κ2) is 9.21. The normalized spacial score (nSPS) is 20.3. The summed E-state index contributed by atoms with van der Waals surface area (Å²) in [6.45, 7) is 0. The molecule has 0 aliphatic heterocycles. The van der Waals surface area contributed by atoms with Crippen LogP contribution in [0.1, 0.15) is 19.3 Å². The van der Waals surface area contributed by atoms with Crippen molar-refractivity contribution in [3.8, 4) is 0 Å². The van der Waals surface area contributed by atoms with Gasteiger partial charge in [0.15, 0.2) is 0 Å². The minimum Gasteiger partial charge on any atom is -0.620 e. The molecule has 9 N–H and O–H groups in total. The molecule has 0 aromatic rings. The van der Waals surface area contributed by atoms with Gasteiger partial charge in [-0.25, -0.2) is 24.2 Å². The van der Waals surface area contributed by atoms with Crippen LogP contribution < -0.4 is 15.8 Å². The first-order valence-electron chi connectivity index (χ1n) is 6.24. The fourth-order valence-electron chi connectivity index (χ4n) is 1.40. The van der Waals surface area contributed by atoms with Gasteiger partial charge in [0.05, 0.1) is 12.3 Å². The van der Waals surface area contributed by atoms with Crippen molar-refractivity contribution in [3.63, 3.8) is 0 Å². The lowest BCUT2D eigenvalue weighted by Crippen LogP contribution is -3.05. The van der Waals surface area contributed by atoms with E-state index in [2.05, 4.69) is 10.0 Å². The summed E-state index contributed by atoms with van der Waals surface area (Å²) in [6.07, 6.45) is -0.452. The number of hydroxylamine groups is 1. The first-order chi connectivity index (χ1) is 10.5. The summed E-state index contributed by atoms with van der Waals surface area (Å²) in [5.41, 5.74) is 3.19. The van der Waals surface area contributed by atoms with Crippen LogP contribution in [0.25, 0.3) is 0 Å². The summed E-state index contributed by atoms with van der Waals surface area (Å²) in [7, 11) is -10.4. The SMILES string of the molecule is [3H]SCCC(CCC(=O)[NH+]([O-])P(=O)(O)OP(=O)(O)[NH2+]O)C([NH3+])=O. The highest BCUT2D eigenvalue weighted by Crippen LogP contribution is 2.48. The highest BCUT2D eigenvalue weighted by atomic mass is 32.1. The molecule has 0 aromatic carbocycles. The highest BCUT2D eigenvalue weighted by Gasteiger charge is 2.45. The molecular formula is C7H19N3O9P2S+2. The predicted molar refractivity (Wildman–Crippen MR) is 72.9 cm³/mol. The zero-order chi connectivity index (χ0) is 18.3. The average Bonchev–Trinajstić information content (AvgIpc) is 2.44. The number of quaternary nitrogens is 3. The van der Waals surface area contributed by atoms with Crippen LogP contribution in [0.4, 0.5) is 0 Å². The minimum atomic E-state index is -5.41. The molecule has 0 bridgehead atoms. The predicted octanol–water partition coefficient (Wildman–Crippen LogP) is -3.45. The fraction of sp³-hybridized carbons (Fsp3) is 0.714. The smallest absolute Gasteiger partial charge is 0.568 e. The molecule has 0 rings (SSSR count). The zero-order valence-corrected chi connectivity index (χ0v) is 13.9. The van der Waals surface area contributed by atoms with Gasteiger partial charge >= 0.3 is 27.3 Å². The van der Waals surface area contributed by atoms with Crippen LogP contribution in [0.15, 0.2) is 0 Å². The lowest BCUT2D eigenvalue weighted by atomic mass is 9.99. The molecule has 12 nitrogen and oxygen atoms in total. The van der Waals surface area contributed by atoms with E-state index in [1.54, 1.807) is 0 Å². The number of rotatable bonds is 11. The summed E-state index contributed by atoms with van der Waals surface area (Å²) < 4.78 is 33.1. The maximum Gasteiger partial charge on any atom is 0.568 e. The molecule has 0 aliphatic carbocycles. The van der Waals surface area contributed by atoms with Crippen LogP contribution in [0.5, 0.6) is 0 Å². The van der Waals surface area contributed by atoms with Crippen LogP contribution in [0.3, 0.4) is 0 Å². The number of hydrogen-bond donors (Lipinski definition) is 7. The van der Waals surface area contributed by atoms with Gasteiger partial charge in [0, 0.05) is 0 Å². The molecule has 0 saturated carbocycles. The second-order valence-electron chi connectivity index (χ2n) is 4.20. The van der Waals surface area contributed by atoms with Gasteiger partial charge in [-0.05, 0) is 18.6 Å². The van der Waals surface area contributed by atoms with E-state index in [0.717, 1.165) is 12.5 Å². The fourth-order valence-corrected chi connectivity index (χ4v) is 3.84. The Bertz CT molecular complexity index is 523. The maximum atomic E-state index is 11.6. The Morgan fingerprint density at radius 1 is 1.45 bits per heavy atom. The molecule has 0 radical (unpaired) electrons. The Kier molecular flexibility index (Phi) is 8.32.